The molecule has 0 amide bonds. The predicted molar refractivity (Wildman–Crippen MR) is 80.3 cm³/mol. The molecule has 0 saturated heterocycles. The van der Waals surface area contributed by atoms with Crippen LogP contribution >= 0.6 is 11.6 Å². The largest absolute Gasteiger partial charge is 0.343 e. The van der Waals surface area contributed by atoms with Gasteiger partial charge in [-0.1, -0.05) is 29.8 Å². The first-order valence-electron chi connectivity index (χ1n) is 6.40. The Morgan fingerprint density at radius 3 is 2.70 bits per heavy atom. The molecule has 0 aliphatic heterocycles. The van der Waals surface area contributed by atoms with Gasteiger partial charge in [0, 0.05) is 35.2 Å². The van der Waals surface area contributed by atoms with Gasteiger partial charge in [-0.05, 0) is 35.4 Å². The van der Waals surface area contributed by atoms with Gasteiger partial charge in [0.05, 0.1) is 0 Å². The number of nitrogens with two attached hydrogens (primary N) is 1. The van der Waals surface area contributed by atoms with Crippen LogP contribution in [0.4, 0.5) is 4.39 Å². The lowest BCUT2D eigenvalue weighted by molar-refractivity contribution is 0.624. The van der Waals surface area contributed by atoms with Crippen LogP contribution in [0.1, 0.15) is 11.1 Å². The van der Waals surface area contributed by atoms with E-state index in [1.165, 1.54) is 12.1 Å². The van der Waals surface area contributed by atoms with Crippen LogP contribution in [0, 0.1) is 5.82 Å². The summed E-state index contributed by atoms with van der Waals surface area (Å²) < 4.78 is 15.4. The zero-order chi connectivity index (χ0) is 14.1. The molecule has 0 radical (unpaired) electrons. The number of nitrogens with zero attached hydrogens (tertiary/aromatic N) is 1. The highest BCUT2D eigenvalue weighted by Gasteiger charge is 2.09. The summed E-state index contributed by atoms with van der Waals surface area (Å²) in [5, 5.41) is 1.70. The summed E-state index contributed by atoms with van der Waals surface area (Å²) in [5.74, 6) is -0.278. The molecular formula is C16H14ClFN2. The molecule has 3 aromatic rings. The van der Waals surface area contributed by atoms with E-state index in [0.29, 0.717) is 18.1 Å². The number of para-hydroxylation sites is 1. The fourth-order valence-corrected chi connectivity index (χ4v) is 2.64. The maximum Gasteiger partial charge on any atom is 0.123 e. The lowest BCUT2D eigenvalue weighted by Crippen LogP contribution is -2.00. The molecule has 1 heterocycles. The van der Waals surface area contributed by atoms with E-state index in [0.717, 1.165) is 22.0 Å². The second-order valence-electron chi connectivity index (χ2n) is 4.74. The average molecular weight is 289 g/mol. The van der Waals surface area contributed by atoms with Crippen molar-refractivity contribution >= 4 is 22.5 Å². The van der Waals surface area contributed by atoms with E-state index in [1.54, 1.807) is 6.07 Å². The van der Waals surface area contributed by atoms with Crippen molar-refractivity contribution in [2.24, 2.45) is 5.73 Å². The van der Waals surface area contributed by atoms with Gasteiger partial charge in [-0.2, -0.15) is 0 Å². The fraction of sp³-hybridized carbons (Fsp3) is 0.125. The fourth-order valence-electron chi connectivity index (χ4n) is 2.46. The summed E-state index contributed by atoms with van der Waals surface area (Å²) >= 11 is 6.13. The van der Waals surface area contributed by atoms with Crippen molar-refractivity contribution in [3.8, 4) is 0 Å². The van der Waals surface area contributed by atoms with Gasteiger partial charge in [-0.15, -0.1) is 0 Å². The van der Waals surface area contributed by atoms with E-state index < -0.39 is 0 Å². The van der Waals surface area contributed by atoms with E-state index in [4.69, 9.17) is 17.3 Å². The minimum Gasteiger partial charge on any atom is -0.343 e. The van der Waals surface area contributed by atoms with Crippen LogP contribution in [0.2, 0.25) is 5.02 Å². The zero-order valence-corrected chi connectivity index (χ0v) is 11.6. The Kier molecular flexibility index (Phi) is 3.47. The number of hydrogen-bond acceptors (Lipinski definition) is 1. The van der Waals surface area contributed by atoms with Crippen molar-refractivity contribution in [2.45, 2.75) is 13.1 Å². The molecule has 2 N–H and O–H groups in total. The maximum atomic E-state index is 13.3. The highest BCUT2D eigenvalue weighted by molar-refractivity contribution is 6.31. The Morgan fingerprint density at radius 2 is 1.90 bits per heavy atom. The summed E-state index contributed by atoms with van der Waals surface area (Å²) in [6.07, 6.45) is 2.01. The van der Waals surface area contributed by atoms with Crippen LogP contribution < -0.4 is 5.73 Å². The number of fused-ring (bicyclic) bond motifs is 1. The Hall–Kier alpha value is -1.84. The third-order valence-electron chi connectivity index (χ3n) is 3.44. The van der Waals surface area contributed by atoms with Gasteiger partial charge in [0.15, 0.2) is 0 Å². The molecule has 3 rings (SSSR count). The summed E-state index contributed by atoms with van der Waals surface area (Å²) in [4.78, 5) is 0. The first kappa shape index (κ1) is 13.2. The quantitative estimate of drug-likeness (QED) is 0.777. The predicted octanol–water partition coefficient (Wildman–Crippen LogP) is 3.94. The van der Waals surface area contributed by atoms with Gasteiger partial charge in [0.25, 0.3) is 0 Å². The smallest absolute Gasteiger partial charge is 0.123 e. The number of hydrogen-bond donors (Lipinski definition) is 1. The van der Waals surface area contributed by atoms with Gasteiger partial charge in [-0.25, -0.2) is 4.39 Å². The van der Waals surface area contributed by atoms with E-state index in [-0.39, 0.29) is 5.82 Å². The monoisotopic (exact) mass is 288 g/mol. The number of rotatable bonds is 3. The lowest BCUT2D eigenvalue weighted by Gasteiger charge is -2.07. The van der Waals surface area contributed by atoms with Crippen LogP contribution in [-0.4, -0.2) is 4.57 Å². The molecule has 0 spiro atoms. The molecule has 0 saturated carbocycles. The lowest BCUT2D eigenvalue weighted by atomic mass is 10.2. The first-order valence-corrected chi connectivity index (χ1v) is 6.77. The van der Waals surface area contributed by atoms with Crippen LogP contribution in [-0.2, 0) is 13.1 Å². The van der Waals surface area contributed by atoms with E-state index in [9.17, 15) is 4.39 Å². The van der Waals surface area contributed by atoms with Gasteiger partial charge in [0.2, 0.25) is 0 Å². The normalized spacial score (nSPS) is 11.2. The molecule has 0 fully saturated rings. The van der Waals surface area contributed by atoms with Crippen molar-refractivity contribution in [1.82, 2.24) is 4.57 Å². The molecular weight excluding hydrogens is 275 g/mol. The highest BCUT2D eigenvalue weighted by atomic mass is 35.5. The van der Waals surface area contributed by atoms with Crippen molar-refractivity contribution in [1.29, 1.82) is 0 Å². The molecule has 0 bridgehead atoms. The summed E-state index contributed by atoms with van der Waals surface area (Å²) in [5.41, 5.74) is 8.69. The second-order valence-corrected chi connectivity index (χ2v) is 5.15. The molecule has 0 aliphatic rings. The van der Waals surface area contributed by atoms with Crippen LogP contribution in [0.3, 0.4) is 0 Å². The molecule has 0 aliphatic carbocycles. The minimum atomic E-state index is -0.278. The molecule has 2 aromatic carbocycles. The van der Waals surface area contributed by atoms with E-state index in [2.05, 4.69) is 4.57 Å². The molecule has 20 heavy (non-hydrogen) atoms. The highest BCUT2D eigenvalue weighted by Crippen LogP contribution is 2.24. The molecule has 1 aromatic heterocycles. The Balaban J connectivity index is 2.09. The zero-order valence-electron chi connectivity index (χ0n) is 10.8. The molecule has 102 valence electrons. The van der Waals surface area contributed by atoms with Crippen molar-refractivity contribution < 1.29 is 4.39 Å². The number of aromatic nitrogens is 1. The molecule has 4 heteroatoms. The van der Waals surface area contributed by atoms with Crippen molar-refractivity contribution in [3.05, 3.63) is 70.6 Å². The van der Waals surface area contributed by atoms with Crippen molar-refractivity contribution in [2.75, 3.05) is 0 Å². The summed E-state index contributed by atoms with van der Waals surface area (Å²) in [7, 11) is 0. The average Bonchev–Trinajstić information content (AvgIpc) is 2.81. The summed E-state index contributed by atoms with van der Waals surface area (Å²) in [6.45, 7) is 1.00. The first-order chi connectivity index (χ1) is 9.69. The molecule has 2 nitrogen and oxygen atoms in total. The minimum absolute atomic E-state index is 0.278. The van der Waals surface area contributed by atoms with Gasteiger partial charge in [-0.3, -0.25) is 0 Å². The van der Waals surface area contributed by atoms with Gasteiger partial charge in [0.1, 0.15) is 5.82 Å². The van der Waals surface area contributed by atoms with Crippen LogP contribution in [0.5, 0.6) is 0 Å². The maximum absolute atomic E-state index is 13.3. The SMILES string of the molecule is NCc1cn(Cc2cc(F)ccc2Cl)c2ccccc12. The van der Waals surface area contributed by atoms with Crippen LogP contribution in [0.15, 0.2) is 48.7 Å². The van der Waals surface area contributed by atoms with E-state index >= 15 is 0 Å². The Morgan fingerprint density at radius 1 is 1.10 bits per heavy atom. The number of halogens is 2. The second kappa shape index (κ2) is 5.27. The van der Waals surface area contributed by atoms with E-state index in [1.807, 2.05) is 30.5 Å². The Bertz CT molecular complexity index is 764. The summed E-state index contributed by atoms with van der Waals surface area (Å²) in [6, 6.07) is 12.5. The van der Waals surface area contributed by atoms with Crippen molar-refractivity contribution in [3.63, 3.8) is 0 Å². The topological polar surface area (TPSA) is 30.9 Å². The Labute approximate surface area is 121 Å². The number of benzene rings is 2. The molecule has 0 unspecified atom stereocenters. The van der Waals surface area contributed by atoms with Gasteiger partial charge < -0.3 is 10.3 Å². The molecule has 0 atom stereocenters. The third-order valence-corrected chi connectivity index (χ3v) is 3.81. The van der Waals surface area contributed by atoms with Crippen LogP contribution in [0.25, 0.3) is 10.9 Å². The standard InChI is InChI=1S/C16H14ClFN2/c17-15-6-5-13(18)7-11(15)9-20-10-12(8-19)14-3-1-2-4-16(14)20/h1-7,10H,8-9,19H2. The van der Waals surface area contributed by atoms with Gasteiger partial charge >= 0.3 is 0 Å². The third kappa shape index (κ3) is 2.30.